The number of carbonyl (C=O) groups excluding carboxylic acids is 1. The van der Waals surface area contributed by atoms with Crippen molar-refractivity contribution in [1.82, 2.24) is 9.97 Å². The Kier molecular flexibility index (Phi) is 2.64. The quantitative estimate of drug-likeness (QED) is 0.659. The highest BCUT2D eigenvalue weighted by atomic mass is 32.1. The van der Waals surface area contributed by atoms with Gasteiger partial charge in [-0.2, -0.15) is 0 Å². The molecule has 0 unspecified atom stereocenters. The van der Waals surface area contributed by atoms with Crippen molar-refractivity contribution >= 4 is 28.0 Å². The smallest absolute Gasteiger partial charge is 0.205 e. The number of thiazole rings is 1. The number of fused-ring (bicyclic) bond motifs is 1. The van der Waals surface area contributed by atoms with E-state index in [1.54, 1.807) is 12.4 Å². The predicted octanol–water partition coefficient (Wildman–Crippen LogP) is 3.23. The first-order valence-corrected chi connectivity index (χ1v) is 6.38. The van der Waals surface area contributed by atoms with Crippen LogP contribution in [0.4, 0.5) is 0 Å². The van der Waals surface area contributed by atoms with Crippen LogP contribution in [0.3, 0.4) is 0 Å². The average molecular weight is 254 g/mol. The molecule has 4 heteroatoms. The monoisotopic (exact) mass is 254 g/mol. The molecule has 0 bridgehead atoms. The van der Waals surface area contributed by atoms with Crippen molar-refractivity contribution in [3.63, 3.8) is 0 Å². The molecule has 1 aromatic carbocycles. The molecule has 0 saturated heterocycles. The van der Waals surface area contributed by atoms with Crippen molar-refractivity contribution in [2.45, 2.75) is 6.92 Å². The van der Waals surface area contributed by atoms with E-state index in [1.807, 2.05) is 37.3 Å². The number of hydrogen-bond acceptors (Lipinski definition) is 4. The standard InChI is InChI=1S/C14H10N2OS/c1-9-16-8-13(18-9)14(17)11-4-2-6-12-10(11)5-3-7-15-12/h2-8H,1H3. The third-order valence-electron chi connectivity index (χ3n) is 2.74. The van der Waals surface area contributed by atoms with Crippen molar-refractivity contribution in [3.8, 4) is 0 Å². The van der Waals surface area contributed by atoms with Crippen molar-refractivity contribution in [3.05, 3.63) is 58.2 Å². The third kappa shape index (κ3) is 1.80. The zero-order chi connectivity index (χ0) is 12.5. The Balaban J connectivity index is 2.17. The van der Waals surface area contributed by atoms with Crippen LogP contribution in [-0.4, -0.2) is 15.8 Å². The van der Waals surface area contributed by atoms with Gasteiger partial charge in [0.25, 0.3) is 0 Å². The molecule has 0 N–H and O–H groups in total. The first-order valence-electron chi connectivity index (χ1n) is 5.56. The summed E-state index contributed by atoms with van der Waals surface area (Å²) in [5.74, 6) is 0.0131. The van der Waals surface area contributed by atoms with Gasteiger partial charge in [-0.3, -0.25) is 9.78 Å². The molecule has 2 aromatic heterocycles. The second kappa shape index (κ2) is 4.31. The number of benzene rings is 1. The maximum Gasteiger partial charge on any atom is 0.205 e. The van der Waals surface area contributed by atoms with E-state index in [9.17, 15) is 4.79 Å². The van der Waals surface area contributed by atoms with Crippen LogP contribution in [0.25, 0.3) is 10.9 Å². The van der Waals surface area contributed by atoms with E-state index in [0.717, 1.165) is 15.9 Å². The normalized spacial score (nSPS) is 10.7. The molecule has 3 rings (SSSR count). The molecule has 3 aromatic rings. The molecule has 18 heavy (non-hydrogen) atoms. The molecule has 88 valence electrons. The van der Waals surface area contributed by atoms with Gasteiger partial charge < -0.3 is 0 Å². The minimum absolute atomic E-state index is 0.0131. The van der Waals surface area contributed by atoms with Crippen molar-refractivity contribution in [2.24, 2.45) is 0 Å². The largest absolute Gasteiger partial charge is 0.288 e. The Morgan fingerprint density at radius 1 is 1.17 bits per heavy atom. The molecule has 0 amide bonds. The van der Waals surface area contributed by atoms with Crippen LogP contribution in [0.5, 0.6) is 0 Å². The topological polar surface area (TPSA) is 42.9 Å². The lowest BCUT2D eigenvalue weighted by Gasteiger charge is -2.02. The van der Waals surface area contributed by atoms with Crippen LogP contribution in [-0.2, 0) is 0 Å². The van der Waals surface area contributed by atoms with Crippen LogP contribution >= 0.6 is 11.3 Å². The highest BCUT2D eigenvalue weighted by Gasteiger charge is 2.14. The lowest BCUT2D eigenvalue weighted by molar-refractivity contribution is 0.104. The van der Waals surface area contributed by atoms with E-state index in [-0.39, 0.29) is 5.78 Å². The molecule has 0 fully saturated rings. The molecule has 0 aliphatic heterocycles. The van der Waals surface area contributed by atoms with E-state index >= 15 is 0 Å². The van der Waals surface area contributed by atoms with Crippen LogP contribution in [0.15, 0.2) is 42.7 Å². The van der Waals surface area contributed by atoms with Gasteiger partial charge in [-0.1, -0.05) is 18.2 Å². The lowest BCUT2D eigenvalue weighted by Crippen LogP contribution is -1.99. The predicted molar refractivity (Wildman–Crippen MR) is 72.0 cm³/mol. The molecule has 0 saturated carbocycles. The Labute approximate surface area is 108 Å². The number of nitrogens with zero attached hydrogens (tertiary/aromatic N) is 2. The van der Waals surface area contributed by atoms with Gasteiger partial charge in [-0.05, 0) is 19.1 Å². The van der Waals surface area contributed by atoms with E-state index in [2.05, 4.69) is 9.97 Å². The minimum atomic E-state index is 0.0131. The van der Waals surface area contributed by atoms with Crippen LogP contribution in [0.2, 0.25) is 0 Å². The molecular weight excluding hydrogens is 244 g/mol. The molecular formula is C14H10N2OS. The summed E-state index contributed by atoms with van der Waals surface area (Å²) >= 11 is 1.42. The molecule has 2 heterocycles. The van der Waals surface area contributed by atoms with Gasteiger partial charge >= 0.3 is 0 Å². The van der Waals surface area contributed by atoms with E-state index in [0.29, 0.717) is 10.4 Å². The second-order valence-corrected chi connectivity index (χ2v) is 5.18. The summed E-state index contributed by atoms with van der Waals surface area (Å²) in [5, 5.41) is 1.78. The number of aryl methyl sites for hydroxylation is 1. The van der Waals surface area contributed by atoms with Gasteiger partial charge in [0.05, 0.1) is 15.4 Å². The molecule has 0 aliphatic carbocycles. The zero-order valence-electron chi connectivity index (χ0n) is 9.75. The Hall–Kier alpha value is -2.07. The van der Waals surface area contributed by atoms with Gasteiger partial charge in [0.15, 0.2) is 0 Å². The first kappa shape index (κ1) is 11.0. The number of ketones is 1. The van der Waals surface area contributed by atoms with Crippen molar-refractivity contribution < 1.29 is 4.79 Å². The third-order valence-corrected chi connectivity index (χ3v) is 3.65. The fraction of sp³-hybridized carbons (Fsp3) is 0.0714. The number of rotatable bonds is 2. The summed E-state index contributed by atoms with van der Waals surface area (Å²) in [5.41, 5.74) is 1.52. The summed E-state index contributed by atoms with van der Waals surface area (Å²) in [6.45, 7) is 1.89. The van der Waals surface area contributed by atoms with E-state index < -0.39 is 0 Å². The SMILES string of the molecule is Cc1ncc(C(=O)c2cccc3ncccc23)s1. The summed E-state index contributed by atoms with van der Waals surface area (Å²) in [6, 6.07) is 9.36. The van der Waals surface area contributed by atoms with Gasteiger partial charge in [0.2, 0.25) is 5.78 Å². The maximum absolute atomic E-state index is 12.4. The van der Waals surface area contributed by atoms with Crippen LogP contribution < -0.4 is 0 Å². The minimum Gasteiger partial charge on any atom is -0.288 e. The Morgan fingerprint density at radius 2 is 2.06 bits per heavy atom. The Morgan fingerprint density at radius 3 is 2.83 bits per heavy atom. The molecule has 0 aliphatic rings. The number of aromatic nitrogens is 2. The van der Waals surface area contributed by atoms with Crippen molar-refractivity contribution in [1.29, 1.82) is 0 Å². The van der Waals surface area contributed by atoms with Gasteiger partial charge in [0, 0.05) is 23.3 Å². The van der Waals surface area contributed by atoms with Crippen LogP contribution in [0, 0.1) is 6.92 Å². The fourth-order valence-corrected chi connectivity index (χ4v) is 2.63. The summed E-state index contributed by atoms with van der Waals surface area (Å²) < 4.78 is 0. The molecule has 0 atom stereocenters. The highest BCUT2D eigenvalue weighted by molar-refractivity contribution is 7.13. The van der Waals surface area contributed by atoms with Gasteiger partial charge in [-0.25, -0.2) is 4.98 Å². The summed E-state index contributed by atoms with van der Waals surface area (Å²) in [7, 11) is 0. The maximum atomic E-state index is 12.4. The molecule has 0 spiro atoms. The van der Waals surface area contributed by atoms with Crippen molar-refractivity contribution in [2.75, 3.05) is 0 Å². The summed E-state index contributed by atoms with van der Waals surface area (Å²) in [6.07, 6.45) is 3.37. The fourth-order valence-electron chi connectivity index (χ4n) is 1.90. The molecule has 0 radical (unpaired) electrons. The van der Waals surface area contributed by atoms with E-state index in [4.69, 9.17) is 0 Å². The van der Waals surface area contributed by atoms with Gasteiger partial charge in [-0.15, -0.1) is 11.3 Å². The molecule has 3 nitrogen and oxygen atoms in total. The van der Waals surface area contributed by atoms with E-state index in [1.165, 1.54) is 11.3 Å². The number of carbonyl (C=O) groups is 1. The zero-order valence-corrected chi connectivity index (χ0v) is 10.6. The Bertz CT molecular complexity index is 728. The second-order valence-electron chi connectivity index (χ2n) is 3.95. The average Bonchev–Trinajstić information content (AvgIpc) is 2.84. The summed E-state index contributed by atoms with van der Waals surface area (Å²) in [4.78, 5) is 21.5. The van der Waals surface area contributed by atoms with Crippen LogP contribution in [0.1, 0.15) is 20.2 Å². The number of hydrogen-bond donors (Lipinski definition) is 0. The van der Waals surface area contributed by atoms with Gasteiger partial charge in [0.1, 0.15) is 0 Å². The first-order chi connectivity index (χ1) is 8.75. The number of pyridine rings is 1. The lowest BCUT2D eigenvalue weighted by atomic mass is 10.0. The highest BCUT2D eigenvalue weighted by Crippen LogP contribution is 2.22.